The first-order valence-electron chi connectivity index (χ1n) is 6.97. The van der Waals surface area contributed by atoms with Crippen molar-refractivity contribution in [2.45, 2.75) is 45.8 Å². The zero-order valence-corrected chi connectivity index (χ0v) is 13.0. The van der Waals surface area contributed by atoms with Crippen LogP contribution in [0.4, 0.5) is 0 Å². The number of nitrogens with zero attached hydrogens (tertiary/aromatic N) is 2. The Morgan fingerprint density at radius 2 is 2.26 bits per heavy atom. The van der Waals surface area contributed by atoms with Gasteiger partial charge in [0.1, 0.15) is 0 Å². The molecule has 0 amide bonds. The van der Waals surface area contributed by atoms with E-state index < -0.39 is 0 Å². The summed E-state index contributed by atoms with van der Waals surface area (Å²) < 4.78 is 0. The van der Waals surface area contributed by atoms with Crippen LogP contribution in [0.1, 0.15) is 33.3 Å². The van der Waals surface area contributed by atoms with Gasteiger partial charge in [0.2, 0.25) is 0 Å². The number of hydrogen-bond donors (Lipinski definition) is 1. The smallest absolute Gasteiger partial charge is 0.0634 e. The van der Waals surface area contributed by atoms with Crippen LogP contribution in [-0.2, 0) is 6.54 Å². The van der Waals surface area contributed by atoms with E-state index in [-0.39, 0.29) is 5.54 Å². The van der Waals surface area contributed by atoms with Crippen LogP contribution < -0.4 is 5.32 Å². The molecule has 1 aliphatic heterocycles. The summed E-state index contributed by atoms with van der Waals surface area (Å²) in [4.78, 5) is 6.58. The van der Waals surface area contributed by atoms with E-state index in [4.69, 9.17) is 11.6 Å². The number of hydrogen-bond acceptors (Lipinski definition) is 3. The number of halogens is 1. The SMILES string of the molecule is CC(C)C1CN(Cc2ccncc2Cl)C(C)(C)CN1. The van der Waals surface area contributed by atoms with E-state index in [1.54, 1.807) is 6.20 Å². The molecule has 0 saturated carbocycles. The number of aromatic nitrogens is 1. The minimum atomic E-state index is 0.151. The van der Waals surface area contributed by atoms with Gasteiger partial charge in [-0.1, -0.05) is 25.4 Å². The molecule has 1 N–H and O–H groups in total. The Balaban J connectivity index is 2.14. The number of pyridine rings is 1. The van der Waals surface area contributed by atoms with Crippen molar-refractivity contribution < 1.29 is 0 Å². The lowest BCUT2D eigenvalue weighted by atomic mass is 9.92. The summed E-state index contributed by atoms with van der Waals surface area (Å²) >= 11 is 6.23. The Morgan fingerprint density at radius 3 is 2.89 bits per heavy atom. The fraction of sp³-hybridized carbons (Fsp3) is 0.667. The van der Waals surface area contributed by atoms with Crippen LogP contribution in [0.2, 0.25) is 5.02 Å². The molecule has 1 fully saturated rings. The van der Waals surface area contributed by atoms with Gasteiger partial charge in [-0.25, -0.2) is 0 Å². The molecule has 106 valence electrons. The molecular weight excluding hydrogens is 258 g/mol. The molecule has 1 atom stereocenters. The van der Waals surface area contributed by atoms with Crippen LogP contribution in [0.5, 0.6) is 0 Å². The Bertz CT molecular complexity index is 431. The van der Waals surface area contributed by atoms with Crippen LogP contribution in [0.3, 0.4) is 0 Å². The van der Waals surface area contributed by atoms with Crippen LogP contribution in [-0.4, -0.2) is 34.6 Å². The highest BCUT2D eigenvalue weighted by atomic mass is 35.5. The molecule has 0 spiro atoms. The maximum atomic E-state index is 6.23. The molecule has 0 radical (unpaired) electrons. The van der Waals surface area contributed by atoms with Crippen molar-refractivity contribution in [1.82, 2.24) is 15.2 Å². The average Bonchev–Trinajstić information content (AvgIpc) is 2.34. The first-order chi connectivity index (χ1) is 8.90. The first-order valence-corrected chi connectivity index (χ1v) is 7.35. The predicted molar refractivity (Wildman–Crippen MR) is 80.4 cm³/mol. The van der Waals surface area contributed by atoms with Crippen molar-refractivity contribution in [2.24, 2.45) is 5.92 Å². The van der Waals surface area contributed by atoms with Crippen LogP contribution >= 0.6 is 11.6 Å². The van der Waals surface area contributed by atoms with E-state index in [0.29, 0.717) is 12.0 Å². The first kappa shape index (κ1) is 14.8. The minimum absolute atomic E-state index is 0.151. The summed E-state index contributed by atoms with van der Waals surface area (Å²) in [6.07, 6.45) is 3.54. The summed E-state index contributed by atoms with van der Waals surface area (Å²) in [5.74, 6) is 0.645. The Morgan fingerprint density at radius 1 is 1.53 bits per heavy atom. The molecule has 1 aromatic heterocycles. The lowest BCUT2D eigenvalue weighted by Gasteiger charge is -2.47. The lowest BCUT2D eigenvalue weighted by Crippen LogP contribution is -2.62. The van der Waals surface area contributed by atoms with Gasteiger partial charge in [0.25, 0.3) is 0 Å². The van der Waals surface area contributed by atoms with Crippen molar-refractivity contribution in [3.8, 4) is 0 Å². The van der Waals surface area contributed by atoms with Crippen molar-refractivity contribution in [3.05, 3.63) is 29.0 Å². The highest BCUT2D eigenvalue weighted by molar-refractivity contribution is 6.31. The summed E-state index contributed by atoms with van der Waals surface area (Å²) in [7, 11) is 0. The number of nitrogens with one attached hydrogen (secondary N) is 1. The summed E-state index contributed by atoms with van der Waals surface area (Å²) in [5.41, 5.74) is 1.31. The van der Waals surface area contributed by atoms with Gasteiger partial charge < -0.3 is 5.32 Å². The van der Waals surface area contributed by atoms with Crippen LogP contribution in [0.25, 0.3) is 0 Å². The highest BCUT2D eigenvalue weighted by Gasteiger charge is 2.34. The van der Waals surface area contributed by atoms with Crippen molar-refractivity contribution >= 4 is 11.6 Å². The number of piperazine rings is 1. The van der Waals surface area contributed by atoms with E-state index in [2.05, 4.69) is 42.9 Å². The maximum absolute atomic E-state index is 6.23. The Hall–Kier alpha value is -0.640. The van der Waals surface area contributed by atoms with Crippen molar-refractivity contribution in [1.29, 1.82) is 0 Å². The topological polar surface area (TPSA) is 28.2 Å². The van der Waals surface area contributed by atoms with Gasteiger partial charge in [0.05, 0.1) is 5.02 Å². The van der Waals surface area contributed by atoms with Gasteiger partial charge in [-0.2, -0.15) is 0 Å². The van der Waals surface area contributed by atoms with E-state index in [1.165, 1.54) is 0 Å². The fourth-order valence-electron chi connectivity index (χ4n) is 2.50. The predicted octanol–water partition coefficient (Wildman–Crippen LogP) is 2.94. The average molecular weight is 282 g/mol. The van der Waals surface area contributed by atoms with Crippen LogP contribution in [0, 0.1) is 5.92 Å². The van der Waals surface area contributed by atoms with Gasteiger partial charge in [0.15, 0.2) is 0 Å². The largest absolute Gasteiger partial charge is 0.311 e. The molecule has 1 aliphatic rings. The third-order valence-electron chi connectivity index (χ3n) is 4.09. The fourth-order valence-corrected chi connectivity index (χ4v) is 2.68. The molecule has 0 aliphatic carbocycles. The molecule has 1 aromatic rings. The molecule has 3 nitrogen and oxygen atoms in total. The van der Waals surface area contributed by atoms with E-state index >= 15 is 0 Å². The van der Waals surface area contributed by atoms with Gasteiger partial charge in [0, 0.05) is 43.6 Å². The van der Waals surface area contributed by atoms with E-state index in [9.17, 15) is 0 Å². The second-order valence-corrected chi connectivity index (χ2v) is 6.80. The monoisotopic (exact) mass is 281 g/mol. The molecular formula is C15H24ClN3. The molecule has 2 heterocycles. The van der Waals surface area contributed by atoms with Gasteiger partial charge in [-0.05, 0) is 31.4 Å². The molecule has 1 unspecified atom stereocenters. The summed E-state index contributed by atoms with van der Waals surface area (Å²) in [5, 5.41) is 4.41. The summed E-state index contributed by atoms with van der Waals surface area (Å²) in [6, 6.07) is 2.57. The van der Waals surface area contributed by atoms with Crippen molar-refractivity contribution in [3.63, 3.8) is 0 Å². The third-order valence-corrected chi connectivity index (χ3v) is 4.43. The van der Waals surface area contributed by atoms with Crippen LogP contribution in [0.15, 0.2) is 18.5 Å². The van der Waals surface area contributed by atoms with Crippen molar-refractivity contribution in [2.75, 3.05) is 13.1 Å². The normalized spacial score (nSPS) is 23.8. The second kappa shape index (κ2) is 5.78. The van der Waals surface area contributed by atoms with E-state index in [1.807, 2.05) is 12.3 Å². The molecule has 0 aromatic carbocycles. The Kier molecular flexibility index (Phi) is 4.49. The lowest BCUT2D eigenvalue weighted by molar-refractivity contribution is 0.0475. The zero-order valence-electron chi connectivity index (χ0n) is 12.3. The molecule has 1 saturated heterocycles. The Labute approximate surface area is 121 Å². The second-order valence-electron chi connectivity index (χ2n) is 6.39. The molecule has 4 heteroatoms. The standard InChI is InChI=1S/C15H24ClN3/c1-11(2)14-9-19(15(3,4)10-18-14)8-12-5-6-17-7-13(12)16/h5-7,11,14,18H,8-10H2,1-4H3. The molecule has 19 heavy (non-hydrogen) atoms. The zero-order chi connectivity index (χ0) is 14.0. The highest BCUT2D eigenvalue weighted by Crippen LogP contribution is 2.25. The van der Waals surface area contributed by atoms with E-state index in [0.717, 1.165) is 30.2 Å². The third kappa shape index (κ3) is 3.47. The molecule has 0 bridgehead atoms. The summed E-state index contributed by atoms with van der Waals surface area (Å²) in [6.45, 7) is 12.1. The molecule has 2 rings (SSSR count). The van der Waals surface area contributed by atoms with Gasteiger partial charge in [-0.3, -0.25) is 9.88 Å². The number of rotatable bonds is 3. The van der Waals surface area contributed by atoms with Gasteiger partial charge in [-0.15, -0.1) is 0 Å². The minimum Gasteiger partial charge on any atom is -0.311 e. The maximum Gasteiger partial charge on any atom is 0.0634 e. The van der Waals surface area contributed by atoms with Gasteiger partial charge >= 0.3 is 0 Å². The quantitative estimate of drug-likeness (QED) is 0.923.